The first-order valence-corrected chi connectivity index (χ1v) is 10.4. The van der Waals surface area contributed by atoms with Gasteiger partial charge in [-0.2, -0.15) is 0 Å². The van der Waals surface area contributed by atoms with Crippen LogP contribution >= 0.6 is 11.3 Å². The number of aromatic nitrogens is 4. The lowest BCUT2D eigenvalue weighted by Gasteiger charge is -2.29. The summed E-state index contributed by atoms with van der Waals surface area (Å²) in [7, 11) is 0. The molecule has 26 heavy (non-hydrogen) atoms. The van der Waals surface area contributed by atoms with Gasteiger partial charge in [0.05, 0.1) is 5.39 Å². The standard InChI is InChI=1S/C19H23N5OS/c1-11-5-4-8-23(9-11)19(25)16-21-17-15-14-12(2)6-3-7-13(14)26-18(15)20-10-24(17)22-16/h10-12H,3-9H2,1-2H3. The molecule has 1 amide bonds. The molecule has 0 saturated carbocycles. The van der Waals surface area contributed by atoms with Crippen LogP contribution in [0.3, 0.4) is 0 Å². The fraction of sp³-hybridized carbons (Fsp3) is 0.579. The van der Waals surface area contributed by atoms with Crippen molar-refractivity contribution in [3.8, 4) is 0 Å². The van der Waals surface area contributed by atoms with Gasteiger partial charge < -0.3 is 4.90 Å². The van der Waals surface area contributed by atoms with Crippen molar-refractivity contribution in [1.82, 2.24) is 24.5 Å². The van der Waals surface area contributed by atoms with Crippen molar-refractivity contribution in [3.05, 3.63) is 22.6 Å². The Labute approximate surface area is 156 Å². The number of amides is 1. The van der Waals surface area contributed by atoms with E-state index in [0.29, 0.717) is 17.7 Å². The third-order valence-corrected chi connectivity index (χ3v) is 6.99. The molecule has 0 spiro atoms. The highest BCUT2D eigenvalue weighted by Crippen LogP contribution is 2.42. The number of carbonyl (C=O) groups is 1. The maximum atomic E-state index is 12.9. The van der Waals surface area contributed by atoms with Crippen LogP contribution in [-0.2, 0) is 6.42 Å². The Morgan fingerprint density at radius 3 is 3.00 bits per heavy atom. The van der Waals surface area contributed by atoms with Crippen molar-refractivity contribution < 1.29 is 4.79 Å². The van der Waals surface area contributed by atoms with Crippen LogP contribution < -0.4 is 0 Å². The van der Waals surface area contributed by atoms with Crippen LogP contribution in [0.25, 0.3) is 15.9 Å². The molecule has 7 heteroatoms. The van der Waals surface area contributed by atoms with Gasteiger partial charge in [0, 0.05) is 18.0 Å². The van der Waals surface area contributed by atoms with E-state index in [1.54, 1.807) is 22.2 Å². The van der Waals surface area contributed by atoms with Crippen LogP contribution in [0, 0.1) is 5.92 Å². The molecule has 5 rings (SSSR count). The van der Waals surface area contributed by atoms with Gasteiger partial charge in [-0.15, -0.1) is 16.4 Å². The van der Waals surface area contributed by atoms with E-state index >= 15 is 0 Å². The molecule has 1 fully saturated rings. The minimum absolute atomic E-state index is 0.0504. The van der Waals surface area contributed by atoms with Crippen LogP contribution in [0.2, 0.25) is 0 Å². The molecule has 1 aliphatic carbocycles. The van der Waals surface area contributed by atoms with E-state index in [-0.39, 0.29) is 5.91 Å². The van der Waals surface area contributed by atoms with Gasteiger partial charge in [-0.25, -0.2) is 14.5 Å². The van der Waals surface area contributed by atoms with Gasteiger partial charge in [0.15, 0.2) is 5.65 Å². The summed E-state index contributed by atoms with van der Waals surface area (Å²) >= 11 is 1.78. The number of fused-ring (bicyclic) bond motifs is 5. The average Bonchev–Trinajstić information content (AvgIpc) is 3.22. The van der Waals surface area contributed by atoms with Crippen molar-refractivity contribution in [2.24, 2.45) is 5.92 Å². The Morgan fingerprint density at radius 1 is 1.27 bits per heavy atom. The second-order valence-corrected chi connectivity index (χ2v) is 8.94. The van der Waals surface area contributed by atoms with Crippen LogP contribution in [0.1, 0.15) is 66.5 Å². The second kappa shape index (κ2) is 6.01. The maximum absolute atomic E-state index is 12.9. The molecule has 3 aromatic heterocycles. The van der Waals surface area contributed by atoms with Crippen molar-refractivity contribution >= 4 is 33.1 Å². The second-order valence-electron chi connectivity index (χ2n) is 7.86. The molecular weight excluding hydrogens is 346 g/mol. The summed E-state index contributed by atoms with van der Waals surface area (Å²) in [5, 5.41) is 5.58. The molecule has 0 aromatic carbocycles. The Morgan fingerprint density at radius 2 is 2.15 bits per heavy atom. The van der Waals surface area contributed by atoms with Crippen LogP contribution in [0.5, 0.6) is 0 Å². The summed E-state index contributed by atoms with van der Waals surface area (Å²) < 4.78 is 1.69. The molecule has 0 bridgehead atoms. The normalized spacial score (nSPS) is 23.5. The molecule has 0 N–H and O–H groups in total. The molecule has 3 aromatic rings. The molecule has 1 aliphatic heterocycles. The molecule has 4 heterocycles. The van der Waals surface area contributed by atoms with Gasteiger partial charge in [-0.1, -0.05) is 13.8 Å². The lowest BCUT2D eigenvalue weighted by Crippen LogP contribution is -2.39. The predicted molar refractivity (Wildman–Crippen MR) is 102 cm³/mol. The highest BCUT2D eigenvalue weighted by molar-refractivity contribution is 7.19. The lowest BCUT2D eigenvalue weighted by molar-refractivity contribution is 0.0671. The minimum atomic E-state index is -0.0504. The first-order valence-electron chi connectivity index (χ1n) is 9.57. The Balaban J connectivity index is 1.62. The molecule has 136 valence electrons. The van der Waals surface area contributed by atoms with Crippen molar-refractivity contribution in [1.29, 1.82) is 0 Å². The molecule has 0 radical (unpaired) electrons. The average molecular weight is 369 g/mol. The van der Waals surface area contributed by atoms with Gasteiger partial charge in [-0.3, -0.25) is 4.79 Å². The van der Waals surface area contributed by atoms with E-state index in [1.165, 1.54) is 29.7 Å². The third-order valence-electron chi connectivity index (χ3n) is 5.81. The van der Waals surface area contributed by atoms with Crippen LogP contribution in [0.4, 0.5) is 0 Å². The first-order chi connectivity index (χ1) is 12.6. The fourth-order valence-electron chi connectivity index (χ4n) is 4.49. The van der Waals surface area contributed by atoms with Gasteiger partial charge in [0.2, 0.25) is 5.82 Å². The monoisotopic (exact) mass is 369 g/mol. The van der Waals surface area contributed by atoms with E-state index in [4.69, 9.17) is 0 Å². The zero-order valence-corrected chi connectivity index (χ0v) is 16.1. The van der Waals surface area contributed by atoms with Crippen molar-refractivity contribution in [2.45, 2.75) is 51.9 Å². The SMILES string of the molecule is CC1CCCN(C(=O)c2nc3c4c5c(sc4ncn3n2)CCCC5C)C1. The van der Waals surface area contributed by atoms with Crippen molar-refractivity contribution in [2.75, 3.05) is 13.1 Å². The number of hydrogen-bond donors (Lipinski definition) is 0. The van der Waals surface area contributed by atoms with E-state index < -0.39 is 0 Å². The number of likely N-dealkylation sites (tertiary alicyclic amines) is 1. The Kier molecular flexibility index (Phi) is 3.74. The zero-order chi connectivity index (χ0) is 17.8. The molecule has 2 atom stereocenters. The molecule has 2 aliphatic rings. The topological polar surface area (TPSA) is 63.4 Å². The number of aryl methyl sites for hydroxylation is 1. The van der Waals surface area contributed by atoms with Gasteiger partial charge in [0.25, 0.3) is 5.91 Å². The maximum Gasteiger partial charge on any atom is 0.293 e. The lowest BCUT2D eigenvalue weighted by atomic mass is 9.87. The summed E-state index contributed by atoms with van der Waals surface area (Å²) in [6.45, 7) is 6.08. The number of rotatable bonds is 1. The number of carbonyl (C=O) groups excluding carboxylic acids is 1. The smallest absolute Gasteiger partial charge is 0.293 e. The highest BCUT2D eigenvalue weighted by Gasteiger charge is 2.28. The predicted octanol–water partition coefficient (Wildman–Crippen LogP) is 3.65. The van der Waals surface area contributed by atoms with E-state index in [1.807, 2.05) is 4.90 Å². The molecule has 2 unspecified atom stereocenters. The van der Waals surface area contributed by atoms with Gasteiger partial charge in [0.1, 0.15) is 11.2 Å². The summed E-state index contributed by atoms with van der Waals surface area (Å²) in [5.74, 6) is 1.31. The first kappa shape index (κ1) is 16.2. The summed E-state index contributed by atoms with van der Waals surface area (Å²) in [5.41, 5.74) is 2.17. The van der Waals surface area contributed by atoms with Gasteiger partial charge in [-0.05, 0) is 49.5 Å². The largest absolute Gasteiger partial charge is 0.336 e. The van der Waals surface area contributed by atoms with E-state index in [2.05, 4.69) is 28.9 Å². The quantitative estimate of drug-likeness (QED) is 0.657. The van der Waals surface area contributed by atoms with E-state index in [9.17, 15) is 4.79 Å². The summed E-state index contributed by atoms with van der Waals surface area (Å²) in [6.07, 6.45) is 7.51. The number of thiophene rings is 1. The summed E-state index contributed by atoms with van der Waals surface area (Å²) in [6, 6.07) is 0. The molecule has 6 nitrogen and oxygen atoms in total. The zero-order valence-electron chi connectivity index (χ0n) is 15.2. The van der Waals surface area contributed by atoms with Crippen molar-refractivity contribution in [3.63, 3.8) is 0 Å². The molecule has 1 saturated heterocycles. The van der Waals surface area contributed by atoms with E-state index in [0.717, 1.165) is 41.8 Å². The Bertz CT molecular complexity index is 1010. The fourth-order valence-corrected chi connectivity index (χ4v) is 5.79. The van der Waals surface area contributed by atoms with Crippen LogP contribution in [-0.4, -0.2) is 43.5 Å². The summed E-state index contributed by atoms with van der Waals surface area (Å²) in [4.78, 5) is 26.6. The Hall–Kier alpha value is -2.02. The third kappa shape index (κ3) is 2.44. The number of piperidine rings is 1. The minimum Gasteiger partial charge on any atom is -0.336 e. The molecular formula is C19H23N5OS. The van der Waals surface area contributed by atoms with Crippen LogP contribution in [0.15, 0.2) is 6.33 Å². The highest BCUT2D eigenvalue weighted by atomic mass is 32.1. The number of nitrogens with zero attached hydrogens (tertiary/aromatic N) is 5. The number of hydrogen-bond acceptors (Lipinski definition) is 5. The van der Waals surface area contributed by atoms with Gasteiger partial charge >= 0.3 is 0 Å².